The van der Waals surface area contributed by atoms with Gasteiger partial charge in [0.25, 0.3) is 0 Å². The fraction of sp³-hybridized carbons (Fsp3) is 0.529. The standard InChI is InChI=1S/C17H23NS3/c1-19-17(8-2-3-9-17)13-18-15(16-7-5-11-21-16)12-14-6-4-10-20-14/h4-7,10-11,15,18H,2-3,8-9,12-13H2,1H3. The number of hydrogen-bond acceptors (Lipinski definition) is 4. The molecule has 1 saturated carbocycles. The molecule has 2 aromatic heterocycles. The SMILES string of the molecule is CSC1(CNC(Cc2cccs2)c2cccs2)CCCC1. The van der Waals surface area contributed by atoms with Gasteiger partial charge in [0.05, 0.1) is 0 Å². The quantitative estimate of drug-likeness (QED) is 0.730. The van der Waals surface area contributed by atoms with E-state index in [2.05, 4.69) is 58.4 Å². The maximum Gasteiger partial charge on any atom is 0.0464 e. The van der Waals surface area contributed by atoms with Gasteiger partial charge in [0, 0.05) is 33.5 Å². The van der Waals surface area contributed by atoms with Gasteiger partial charge in [0.2, 0.25) is 0 Å². The molecule has 2 heterocycles. The molecule has 0 aliphatic heterocycles. The van der Waals surface area contributed by atoms with E-state index in [1.807, 2.05) is 22.7 Å². The summed E-state index contributed by atoms with van der Waals surface area (Å²) in [7, 11) is 0. The Morgan fingerprint density at radius 3 is 2.57 bits per heavy atom. The molecule has 21 heavy (non-hydrogen) atoms. The van der Waals surface area contributed by atoms with Crippen molar-refractivity contribution in [2.24, 2.45) is 0 Å². The summed E-state index contributed by atoms with van der Waals surface area (Å²) in [6.45, 7) is 1.14. The second kappa shape index (κ2) is 7.32. The van der Waals surface area contributed by atoms with Crippen LogP contribution in [0.15, 0.2) is 35.0 Å². The predicted molar refractivity (Wildman–Crippen MR) is 97.8 cm³/mol. The molecule has 1 atom stereocenters. The molecule has 1 aliphatic rings. The molecule has 0 saturated heterocycles. The Kier molecular flexibility index (Phi) is 5.43. The summed E-state index contributed by atoms with van der Waals surface area (Å²) in [5.41, 5.74) is 0. The lowest BCUT2D eigenvalue weighted by molar-refractivity contribution is 0.470. The molecule has 114 valence electrons. The summed E-state index contributed by atoms with van der Waals surface area (Å²) in [5.74, 6) is 0. The van der Waals surface area contributed by atoms with Crippen molar-refractivity contribution >= 4 is 34.4 Å². The first-order valence-electron chi connectivity index (χ1n) is 7.66. The van der Waals surface area contributed by atoms with Crippen molar-refractivity contribution in [3.63, 3.8) is 0 Å². The minimum Gasteiger partial charge on any atom is -0.308 e. The van der Waals surface area contributed by atoms with Crippen molar-refractivity contribution < 1.29 is 0 Å². The van der Waals surface area contributed by atoms with Crippen LogP contribution >= 0.6 is 34.4 Å². The Morgan fingerprint density at radius 2 is 1.95 bits per heavy atom. The third-order valence-corrected chi connectivity index (χ3v) is 7.79. The first-order chi connectivity index (χ1) is 10.3. The monoisotopic (exact) mass is 337 g/mol. The molecular weight excluding hydrogens is 314 g/mol. The highest BCUT2D eigenvalue weighted by atomic mass is 32.2. The minimum atomic E-state index is 0.466. The Hall–Kier alpha value is -0.290. The second-order valence-electron chi connectivity index (χ2n) is 5.83. The Morgan fingerprint density at radius 1 is 1.19 bits per heavy atom. The zero-order valence-corrected chi connectivity index (χ0v) is 15.0. The van der Waals surface area contributed by atoms with E-state index in [0.29, 0.717) is 10.8 Å². The van der Waals surface area contributed by atoms with Gasteiger partial charge in [-0.25, -0.2) is 0 Å². The van der Waals surface area contributed by atoms with Crippen molar-refractivity contribution in [2.75, 3.05) is 12.8 Å². The molecule has 0 radical (unpaired) electrons. The average molecular weight is 338 g/mol. The fourth-order valence-corrected chi connectivity index (χ4v) is 5.65. The van der Waals surface area contributed by atoms with E-state index in [1.54, 1.807) is 0 Å². The number of nitrogens with one attached hydrogen (secondary N) is 1. The highest BCUT2D eigenvalue weighted by Crippen LogP contribution is 2.40. The molecule has 1 N–H and O–H groups in total. The molecule has 0 bridgehead atoms. The highest BCUT2D eigenvalue weighted by Gasteiger charge is 2.33. The molecule has 4 heteroatoms. The molecule has 0 spiro atoms. The lowest BCUT2D eigenvalue weighted by atomic mass is 10.1. The number of thiophene rings is 2. The van der Waals surface area contributed by atoms with E-state index in [4.69, 9.17) is 0 Å². The van der Waals surface area contributed by atoms with Crippen LogP contribution in [0, 0.1) is 0 Å². The van der Waals surface area contributed by atoms with Gasteiger partial charge in [0.15, 0.2) is 0 Å². The molecule has 3 rings (SSSR count). The third kappa shape index (κ3) is 3.92. The van der Waals surface area contributed by atoms with Crippen LogP contribution in [0.1, 0.15) is 41.5 Å². The molecule has 1 aliphatic carbocycles. The first kappa shape index (κ1) is 15.6. The number of hydrogen-bond donors (Lipinski definition) is 1. The normalized spacial score (nSPS) is 18.9. The molecule has 0 amide bonds. The van der Waals surface area contributed by atoms with E-state index >= 15 is 0 Å². The van der Waals surface area contributed by atoms with E-state index in [-0.39, 0.29) is 0 Å². The summed E-state index contributed by atoms with van der Waals surface area (Å²) in [5, 5.41) is 8.26. The fourth-order valence-electron chi connectivity index (χ4n) is 3.17. The van der Waals surface area contributed by atoms with Crippen LogP contribution in [0.5, 0.6) is 0 Å². The van der Waals surface area contributed by atoms with Gasteiger partial charge in [0.1, 0.15) is 0 Å². The highest BCUT2D eigenvalue weighted by molar-refractivity contribution is 8.00. The van der Waals surface area contributed by atoms with Crippen molar-refractivity contribution in [3.8, 4) is 0 Å². The van der Waals surface area contributed by atoms with Gasteiger partial charge in [-0.15, -0.1) is 22.7 Å². The van der Waals surface area contributed by atoms with Crippen LogP contribution in [0.2, 0.25) is 0 Å². The van der Waals surface area contributed by atoms with Crippen LogP contribution in [-0.2, 0) is 6.42 Å². The third-order valence-electron chi connectivity index (χ3n) is 4.49. The number of rotatable bonds is 7. The van der Waals surface area contributed by atoms with Gasteiger partial charge in [-0.3, -0.25) is 0 Å². The van der Waals surface area contributed by atoms with E-state index < -0.39 is 0 Å². The van der Waals surface area contributed by atoms with E-state index in [1.165, 1.54) is 35.4 Å². The largest absolute Gasteiger partial charge is 0.308 e. The zero-order chi connectivity index (χ0) is 14.5. The average Bonchev–Trinajstić information content (AvgIpc) is 3.24. The maximum absolute atomic E-state index is 3.89. The Balaban J connectivity index is 1.67. The molecule has 0 aromatic carbocycles. The summed E-state index contributed by atoms with van der Waals surface area (Å²) in [6, 6.07) is 9.33. The number of thioether (sulfide) groups is 1. The van der Waals surface area contributed by atoms with Crippen molar-refractivity contribution in [2.45, 2.75) is 42.9 Å². The van der Waals surface area contributed by atoms with Crippen LogP contribution in [0.25, 0.3) is 0 Å². The van der Waals surface area contributed by atoms with Crippen LogP contribution in [-0.4, -0.2) is 17.5 Å². The lowest BCUT2D eigenvalue weighted by Crippen LogP contribution is -2.37. The Bertz CT molecular complexity index is 512. The summed E-state index contributed by atoms with van der Waals surface area (Å²) >= 11 is 5.82. The minimum absolute atomic E-state index is 0.466. The predicted octanol–water partition coefficient (Wildman–Crippen LogP) is 5.36. The van der Waals surface area contributed by atoms with Crippen molar-refractivity contribution in [1.29, 1.82) is 0 Å². The van der Waals surface area contributed by atoms with Gasteiger partial charge >= 0.3 is 0 Å². The van der Waals surface area contributed by atoms with Gasteiger partial charge in [-0.2, -0.15) is 11.8 Å². The zero-order valence-electron chi connectivity index (χ0n) is 12.5. The van der Waals surface area contributed by atoms with Gasteiger partial charge in [-0.05, 0) is 42.0 Å². The molecular formula is C17H23NS3. The Labute approximate surface area is 140 Å². The van der Waals surface area contributed by atoms with E-state index in [9.17, 15) is 0 Å². The molecule has 2 aromatic rings. The second-order valence-corrected chi connectivity index (χ2v) is 9.11. The van der Waals surface area contributed by atoms with E-state index in [0.717, 1.165) is 13.0 Å². The van der Waals surface area contributed by atoms with Crippen LogP contribution < -0.4 is 5.32 Å². The van der Waals surface area contributed by atoms with Gasteiger partial charge < -0.3 is 5.32 Å². The smallest absolute Gasteiger partial charge is 0.0464 e. The van der Waals surface area contributed by atoms with Crippen molar-refractivity contribution in [1.82, 2.24) is 5.32 Å². The summed E-state index contributed by atoms with van der Waals surface area (Å²) < 4.78 is 0.477. The molecule has 1 nitrogen and oxygen atoms in total. The maximum atomic E-state index is 3.89. The first-order valence-corrected chi connectivity index (χ1v) is 10.6. The van der Waals surface area contributed by atoms with Crippen LogP contribution in [0.3, 0.4) is 0 Å². The summed E-state index contributed by atoms with van der Waals surface area (Å²) in [6.07, 6.45) is 8.94. The van der Waals surface area contributed by atoms with Gasteiger partial charge in [-0.1, -0.05) is 25.0 Å². The van der Waals surface area contributed by atoms with Crippen molar-refractivity contribution in [3.05, 3.63) is 44.8 Å². The topological polar surface area (TPSA) is 12.0 Å². The molecule has 1 unspecified atom stereocenters. The molecule has 1 fully saturated rings. The summed E-state index contributed by atoms with van der Waals surface area (Å²) in [4.78, 5) is 2.95. The lowest BCUT2D eigenvalue weighted by Gasteiger charge is -2.29. The van der Waals surface area contributed by atoms with Crippen LogP contribution in [0.4, 0.5) is 0 Å².